The van der Waals surface area contributed by atoms with Gasteiger partial charge in [-0.3, -0.25) is 9.69 Å². The normalized spacial score (nSPS) is 24.9. The van der Waals surface area contributed by atoms with Crippen molar-refractivity contribution in [3.8, 4) is 0 Å². The second-order valence-electron chi connectivity index (χ2n) is 4.65. The fourth-order valence-electron chi connectivity index (χ4n) is 2.72. The molecule has 1 amide bonds. The number of anilines is 1. The molecule has 17 heavy (non-hydrogen) atoms. The fourth-order valence-corrected chi connectivity index (χ4v) is 3.26. The molecule has 2 N–H and O–H groups in total. The summed E-state index contributed by atoms with van der Waals surface area (Å²) in [5.41, 5.74) is 6.06. The van der Waals surface area contributed by atoms with Gasteiger partial charge in [-0.05, 0) is 19.4 Å². The van der Waals surface area contributed by atoms with Crippen LogP contribution in [0.4, 0.5) is 5.13 Å². The summed E-state index contributed by atoms with van der Waals surface area (Å²) in [4.78, 5) is 20.7. The first-order chi connectivity index (χ1) is 8.24. The molecule has 1 atom stereocenters. The lowest BCUT2D eigenvalue weighted by atomic mass is 10.1. The summed E-state index contributed by atoms with van der Waals surface area (Å²) in [6.45, 7) is 3.84. The van der Waals surface area contributed by atoms with Gasteiger partial charge in [0.25, 0.3) is 5.91 Å². The van der Waals surface area contributed by atoms with E-state index in [0.29, 0.717) is 16.9 Å². The summed E-state index contributed by atoms with van der Waals surface area (Å²) < 4.78 is 0. The van der Waals surface area contributed by atoms with E-state index in [2.05, 4.69) is 9.88 Å². The average molecular weight is 252 g/mol. The monoisotopic (exact) mass is 252 g/mol. The Balaban J connectivity index is 1.70. The minimum atomic E-state index is 0.0319. The minimum absolute atomic E-state index is 0.0319. The van der Waals surface area contributed by atoms with Gasteiger partial charge in [-0.25, -0.2) is 4.98 Å². The standard InChI is InChI=1S/C11H16N4OS/c12-11-13-9(7-17-11)10(16)15-5-4-14-3-1-2-8(14)6-15/h7-8H,1-6H2,(H2,12,13). The van der Waals surface area contributed by atoms with Gasteiger partial charge in [-0.1, -0.05) is 0 Å². The quantitative estimate of drug-likeness (QED) is 0.797. The number of fused-ring (bicyclic) bond motifs is 1. The number of hydrogen-bond donors (Lipinski definition) is 1. The van der Waals surface area contributed by atoms with E-state index in [1.54, 1.807) is 5.38 Å². The first-order valence-electron chi connectivity index (χ1n) is 5.98. The van der Waals surface area contributed by atoms with Crippen molar-refractivity contribution >= 4 is 22.4 Å². The molecule has 0 bridgehead atoms. The Bertz CT molecular complexity index is 433. The molecule has 0 spiro atoms. The van der Waals surface area contributed by atoms with Crippen LogP contribution < -0.4 is 5.73 Å². The molecule has 3 rings (SSSR count). The zero-order chi connectivity index (χ0) is 11.8. The van der Waals surface area contributed by atoms with Crippen molar-refractivity contribution < 1.29 is 4.79 Å². The number of piperazine rings is 1. The van der Waals surface area contributed by atoms with Crippen LogP contribution in [-0.2, 0) is 0 Å². The second-order valence-corrected chi connectivity index (χ2v) is 5.54. The van der Waals surface area contributed by atoms with Gasteiger partial charge >= 0.3 is 0 Å². The van der Waals surface area contributed by atoms with Crippen LogP contribution in [0.5, 0.6) is 0 Å². The number of nitrogens with two attached hydrogens (primary N) is 1. The highest BCUT2D eigenvalue weighted by atomic mass is 32.1. The van der Waals surface area contributed by atoms with Crippen molar-refractivity contribution in [1.82, 2.24) is 14.8 Å². The molecule has 6 heteroatoms. The Hall–Kier alpha value is -1.14. The van der Waals surface area contributed by atoms with Gasteiger partial charge in [-0.2, -0.15) is 0 Å². The number of rotatable bonds is 1. The third kappa shape index (κ3) is 2.02. The van der Waals surface area contributed by atoms with Crippen molar-refractivity contribution in [3.63, 3.8) is 0 Å². The van der Waals surface area contributed by atoms with E-state index in [0.717, 1.165) is 19.6 Å². The topological polar surface area (TPSA) is 62.5 Å². The number of carbonyl (C=O) groups is 1. The van der Waals surface area contributed by atoms with E-state index in [1.807, 2.05) is 4.90 Å². The highest BCUT2D eigenvalue weighted by Gasteiger charge is 2.33. The van der Waals surface area contributed by atoms with Crippen molar-refractivity contribution in [3.05, 3.63) is 11.1 Å². The van der Waals surface area contributed by atoms with Crippen LogP contribution >= 0.6 is 11.3 Å². The zero-order valence-electron chi connectivity index (χ0n) is 9.63. The molecular formula is C11H16N4OS. The summed E-state index contributed by atoms with van der Waals surface area (Å²) in [7, 11) is 0. The first kappa shape index (κ1) is 11.0. The maximum atomic E-state index is 12.2. The molecule has 0 radical (unpaired) electrons. The Labute approximate surface area is 104 Å². The number of nitrogen functional groups attached to an aromatic ring is 1. The SMILES string of the molecule is Nc1nc(C(=O)N2CCN3CCCC3C2)cs1. The van der Waals surface area contributed by atoms with E-state index in [-0.39, 0.29) is 5.91 Å². The van der Waals surface area contributed by atoms with Gasteiger partial charge in [0.1, 0.15) is 5.69 Å². The largest absolute Gasteiger partial charge is 0.375 e. The van der Waals surface area contributed by atoms with Crippen molar-refractivity contribution in [2.24, 2.45) is 0 Å². The zero-order valence-corrected chi connectivity index (χ0v) is 10.4. The number of hydrogen-bond acceptors (Lipinski definition) is 5. The molecule has 1 unspecified atom stereocenters. The third-order valence-corrected chi connectivity index (χ3v) is 4.29. The Morgan fingerprint density at radius 1 is 1.47 bits per heavy atom. The lowest BCUT2D eigenvalue weighted by molar-refractivity contribution is 0.0566. The molecule has 2 aliphatic rings. The average Bonchev–Trinajstić information content (AvgIpc) is 2.95. The molecule has 1 aromatic heterocycles. The van der Waals surface area contributed by atoms with Gasteiger partial charge in [0.2, 0.25) is 0 Å². The molecule has 92 valence electrons. The third-order valence-electron chi connectivity index (χ3n) is 3.62. The van der Waals surface area contributed by atoms with Crippen LogP contribution in [0, 0.1) is 0 Å². The number of carbonyl (C=O) groups excluding carboxylic acids is 1. The van der Waals surface area contributed by atoms with Crippen LogP contribution in [0.15, 0.2) is 5.38 Å². The Morgan fingerprint density at radius 3 is 3.12 bits per heavy atom. The number of amides is 1. The highest BCUT2D eigenvalue weighted by Crippen LogP contribution is 2.23. The highest BCUT2D eigenvalue weighted by molar-refractivity contribution is 7.13. The lowest BCUT2D eigenvalue weighted by Gasteiger charge is -2.37. The molecule has 2 aliphatic heterocycles. The van der Waals surface area contributed by atoms with Crippen LogP contribution in [-0.4, -0.2) is 52.9 Å². The van der Waals surface area contributed by atoms with E-state index >= 15 is 0 Å². The predicted molar refractivity (Wildman–Crippen MR) is 67.0 cm³/mol. The van der Waals surface area contributed by atoms with Gasteiger partial charge in [0.15, 0.2) is 5.13 Å². The van der Waals surface area contributed by atoms with Crippen LogP contribution in [0.1, 0.15) is 23.3 Å². The summed E-state index contributed by atoms with van der Waals surface area (Å²) in [5.74, 6) is 0.0319. The molecule has 0 aromatic carbocycles. The number of thiazole rings is 1. The van der Waals surface area contributed by atoms with Gasteiger partial charge in [-0.15, -0.1) is 11.3 Å². The number of nitrogens with zero attached hydrogens (tertiary/aromatic N) is 3. The second kappa shape index (κ2) is 4.27. The fraction of sp³-hybridized carbons (Fsp3) is 0.636. The van der Waals surface area contributed by atoms with Crippen molar-refractivity contribution in [2.45, 2.75) is 18.9 Å². The van der Waals surface area contributed by atoms with E-state index in [9.17, 15) is 4.79 Å². The van der Waals surface area contributed by atoms with Crippen LogP contribution in [0.25, 0.3) is 0 Å². The molecule has 2 saturated heterocycles. The van der Waals surface area contributed by atoms with Crippen molar-refractivity contribution in [2.75, 3.05) is 31.9 Å². The van der Waals surface area contributed by atoms with E-state index in [4.69, 9.17) is 5.73 Å². The molecule has 0 saturated carbocycles. The van der Waals surface area contributed by atoms with Crippen molar-refractivity contribution in [1.29, 1.82) is 0 Å². The van der Waals surface area contributed by atoms with E-state index < -0.39 is 0 Å². The number of aromatic nitrogens is 1. The lowest BCUT2D eigenvalue weighted by Crippen LogP contribution is -2.52. The van der Waals surface area contributed by atoms with Gasteiger partial charge < -0.3 is 10.6 Å². The smallest absolute Gasteiger partial charge is 0.273 e. The van der Waals surface area contributed by atoms with Crippen LogP contribution in [0.3, 0.4) is 0 Å². The summed E-state index contributed by atoms with van der Waals surface area (Å²) in [6, 6.07) is 0.559. The predicted octanol–water partition coefficient (Wildman–Crippen LogP) is 0.646. The van der Waals surface area contributed by atoms with Crippen LogP contribution in [0.2, 0.25) is 0 Å². The van der Waals surface area contributed by atoms with E-state index in [1.165, 1.54) is 30.7 Å². The summed E-state index contributed by atoms with van der Waals surface area (Å²) >= 11 is 1.32. The summed E-state index contributed by atoms with van der Waals surface area (Å²) in [6.07, 6.45) is 2.47. The first-order valence-corrected chi connectivity index (χ1v) is 6.86. The maximum absolute atomic E-state index is 12.2. The molecule has 5 nitrogen and oxygen atoms in total. The molecule has 0 aliphatic carbocycles. The summed E-state index contributed by atoms with van der Waals surface area (Å²) in [5, 5.41) is 2.21. The molecule has 3 heterocycles. The molecule has 1 aromatic rings. The molecular weight excluding hydrogens is 236 g/mol. The van der Waals surface area contributed by atoms with Gasteiger partial charge in [0.05, 0.1) is 0 Å². The van der Waals surface area contributed by atoms with Gasteiger partial charge in [0, 0.05) is 31.1 Å². The molecule has 2 fully saturated rings. The minimum Gasteiger partial charge on any atom is -0.375 e. The maximum Gasteiger partial charge on any atom is 0.273 e. The Kier molecular flexibility index (Phi) is 2.76. The Morgan fingerprint density at radius 2 is 2.35 bits per heavy atom.